The third-order valence-corrected chi connectivity index (χ3v) is 3.51. The lowest BCUT2D eigenvalue weighted by molar-refractivity contribution is 0.129. The molecule has 13 heavy (non-hydrogen) atoms. The molecule has 1 saturated carbocycles. The smallest absolute Gasteiger partial charge is 0.0514 e. The molecule has 1 nitrogen and oxygen atoms in total. The van der Waals surface area contributed by atoms with E-state index in [2.05, 4.69) is 13.8 Å². The lowest BCUT2D eigenvalue weighted by Gasteiger charge is -2.31. The van der Waals surface area contributed by atoms with Crippen LogP contribution in [0.5, 0.6) is 0 Å². The molecule has 78 valence electrons. The van der Waals surface area contributed by atoms with Gasteiger partial charge >= 0.3 is 0 Å². The van der Waals surface area contributed by atoms with E-state index in [9.17, 15) is 5.11 Å². The van der Waals surface area contributed by atoms with Crippen LogP contribution in [-0.4, -0.2) is 11.2 Å². The molecule has 0 amide bonds. The van der Waals surface area contributed by atoms with E-state index in [1.165, 1.54) is 25.7 Å². The summed E-state index contributed by atoms with van der Waals surface area (Å²) in [6.07, 6.45) is 6.37. The van der Waals surface area contributed by atoms with Crippen LogP contribution in [0.3, 0.4) is 0 Å². The number of hydrogen-bond acceptors (Lipinski definition) is 1. The first-order chi connectivity index (χ1) is 6.09. The summed E-state index contributed by atoms with van der Waals surface area (Å²) < 4.78 is 0. The standard InChI is InChI=1S/C12H24O/c1-9(2)12-6-4-11(5-7-12)8-10(3)13/h9-13H,4-8H2,1-3H3. The Morgan fingerprint density at radius 3 is 2.00 bits per heavy atom. The van der Waals surface area contributed by atoms with Gasteiger partial charge in [-0.2, -0.15) is 0 Å². The van der Waals surface area contributed by atoms with Crippen molar-refractivity contribution in [3.05, 3.63) is 0 Å². The summed E-state index contributed by atoms with van der Waals surface area (Å²) in [6, 6.07) is 0. The van der Waals surface area contributed by atoms with Crippen molar-refractivity contribution >= 4 is 0 Å². The Morgan fingerprint density at radius 2 is 1.62 bits per heavy atom. The van der Waals surface area contributed by atoms with Gasteiger partial charge < -0.3 is 5.11 Å². The third-order valence-electron chi connectivity index (χ3n) is 3.51. The Kier molecular flexibility index (Phi) is 4.24. The SMILES string of the molecule is CC(O)CC1CCC(C(C)C)CC1. The first kappa shape index (κ1) is 11.0. The van der Waals surface area contributed by atoms with Crippen LogP contribution >= 0.6 is 0 Å². The molecule has 1 aliphatic carbocycles. The van der Waals surface area contributed by atoms with Crippen molar-refractivity contribution in [3.63, 3.8) is 0 Å². The summed E-state index contributed by atoms with van der Waals surface area (Å²) >= 11 is 0. The van der Waals surface area contributed by atoms with Crippen LogP contribution in [0.2, 0.25) is 0 Å². The summed E-state index contributed by atoms with van der Waals surface area (Å²) in [5.41, 5.74) is 0. The Balaban J connectivity index is 2.22. The molecule has 0 saturated heterocycles. The second-order valence-corrected chi connectivity index (χ2v) is 5.11. The number of hydrogen-bond donors (Lipinski definition) is 1. The molecule has 0 aromatic heterocycles. The fraction of sp³-hybridized carbons (Fsp3) is 1.00. The van der Waals surface area contributed by atoms with Gasteiger partial charge in [-0.25, -0.2) is 0 Å². The maximum Gasteiger partial charge on any atom is 0.0514 e. The van der Waals surface area contributed by atoms with Gasteiger partial charge in [0.1, 0.15) is 0 Å². The summed E-state index contributed by atoms with van der Waals surface area (Å²) in [5, 5.41) is 9.28. The first-order valence-electron chi connectivity index (χ1n) is 5.77. The third kappa shape index (κ3) is 3.68. The maximum atomic E-state index is 9.28. The van der Waals surface area contributed by atoms with Crippen molar-refractivity contribution in [2.24, 2.45) is 17.8 Å². The van der Waals surface area contributed by atoms with E-state index in [-0.39, 0.29) is 6.10 Å². The van der Waals surface area contributed by atoms with Crippen LogP contribution in [0.4, 0.5) is 0 Å². The van der Waals surface area contributed by atoms with E-state index in [0.717, 1.165) is 24.2 Å². The topological polar surface area (TPSA) is 20.2 Å². The highest BCUT2D eigenvalue weighted by Gasteiger charge is 2.23. The zero-order valence-electron chi connectivity index (χ0n) is 9.29. The van der Waals surface area contributed by atoms with E-state index in [4.69, 9.17) is 0 Å². The van der Waals surface area contributed by atoms with E-state index in [1.807, 2.05) is 6.92 Å². The second-order valence-electron chi connectivity index (χ2n) is 5.11. The van der Waals surface area contributed by atoms with Gasteiger partial charge in [-0.15, -0.1) is 0 Å². The average Bonchev–Trinajstić information content (AvgIpc) is 2.04. The predicted octanol–water partition coefficient (Wildman–Crippen LogP) is 3.22. The molecule has 1 aliphatic rings. The van der Waals surface area contributed by atoms with E-state index < -0.39 is 0 Å². The van der Waals surface area contributed by atoms with Crippen LogP contribution in [0.15, 0.2) is 0 Å². The zero-order chi connectivity index (χ0) is 9.84. The van der Waals surface area contributed by atoms with Crippen molar-refractivity contribution in [2.45, 2.75) is 59.0 Å². The van der Waals surface area contributed by atoms with Crippen LogP contribution in [0.1, 0.15) is 52.9 Å². The zero-order valence-corrected chi connectivity index (χ0v) is 9.29. The number of rotatable bonds is 3. The van der Waals surface area contributed by atoms with Gasteiger partial charge in [0.05, 0.1) is 6.10 Å². The second kappa shape index (κ2) is 4.99. The minimum Gasteiger partial charge on any atom is -0.393 e. The van der Waals surface area contributed by atoms with E-state index in [0.29, 0.717) is 0 Å². The van der Waals surface area contributed by atoms with Gasteiger partial charge in [-0.3, -0.25) is 0 Å². The molecule has 1 rings (SSSR count). The number of aliphatic hydroxyl groups is 1. The van der Waals surface area contributed by atoms with Crippen molar-refractivity contribution < 1.29 is 5.11 Å². The normalized spacial score (nSPS) is 32.1. The monoisotopic (exact) mass is 184 g/mol. The summed E-state index contributed by atoms with van der Waals surface area (Å²) in [7, 11) is 0. The van der Waals surface area contributed by atoms with Gasteiger partial charge in [0.15, 0.2) is 0 Å². The molecule has 1 atom stereocenters. The maximum absolute atomic E-state index is 9.28. The molecular weight excluding hydrogens is 160 g/mol. The first-order valence-corrected chi connectivity index (χ1v) is 5.77. The summed E-state index contributed by atoms with van der Waals surface area (Å²) in [4.78, 5) is 0. The molecule has 1 heteroatoms. The predicted molar refractivity (Wildman–Crippen MR) is 56.6 cm³/mol. The van der Waals surface area contributed by atoms with Gasteiger partial charge in [0.2, 0.25) is 0 Å². The molecule has 0 aromatic rings. The van der Waals surface area contributed by atoms with Crippen LogP contribution in [-0.2, 0) is 0 Å². The molecule has 0 radical (unpaired) electrons. The summed E-state index contributed by atoms with van der Waals surface area (Å²) in [5.74, 6) is 2.60. The molecule has 1 fully saturated rings. The van der Waals surface area contributed by atoms with Gasteiger partial charge in [-0.05, 0) is 43.9 Å². The van der Waals surface area contributed by atoms with Crippen LogP contribution < -0.4 is 0 Å². The van der Waals surface area contributed by atoms with E-state index in [1.54, 1.807) is 0 Å². The van der Waals surface area contributed by atoms with E-state index >= 15 is 0 Å². The van der Waals surface area contributed by atoms with Gasteiger partial charge in [0.25, 0.3) is 0 Å². The fourth-order valence-electron chi connectivity index (χ4n) is 2.57. The summed E-state index contributed by atoms with van der Waals surface area (Å²) in [6.45, 7) is 6.58. The van der Waals surface area contributed by atoms with Crippen LogP contribution in [0, 0.1) is 17.8 Å². The van der Waals surface area contributed by atoms with Crippen LogP contribution in [0.25, 0.3) is 0 Å². The Bertz CT molecular complexity index is 132. The quantitative estimate of drug-likeness (QED) is 0.714. The fourth-order valence-corrected chi connectivity index (χ4v) is 2.57. The van der Waals surface area contributed by atoms with Gasteiger partial charge in [0, 0.05) is 0 Å². The highest BCUT2D eigenvalue weighted by molar-refractivity contribution is 4.75. The molecule has 0 aliphatic heterocycles. The molecule has 0 bridgehead atoms. The Labute approximate surface area is 82.5 Å². The minimum atomic E-state index is -0.0967. The lowest BCUT2D eigenvalue weighted by Crippen LogP contribution is -2.21. The van der Waals surface area contributed by atoms with Crippen molar-refractivity contribution in [2.75, 3.05) is 0 Å². The molecule has 0 spiro atoms. The Morgan fingerprint density at radius 1 is 1.08 bits per heavy atom. The van der Waals surface area contributed by atoms with Gasteiger partial charge in [-0.1, -0.05) is 26.7 Å². The molecular formula is C12H24O. The average molecular weight is 184 g/mol. The molecule has 0 aromatic carbocycles. The highest BCUT2D eigenvalue weighted by atomic mass is 16.3. The van der Waals surface area contributed by atoms with Crippen molar-refractivity contribution in [3.8, 4) is 0 Å². The molecule has 1 N–H and O–H groups in total. The lowest BCUT2D eigenvalue weighted by atomic mass is 9.75. The van der Waals surface area contributed by atoms with Crippen molar-refractivity contribution in [1.29, 1.82) is 0 Å². The van der Waals surface area contributed by atoms with Crippen molar-refractivity contribution in [1.82, 2.24) is 0 Å². The highest BCUT2D eigenvalue weighted by Crippen LogP contribution is 2.35. The number of aliphatic hydroxyl groups excluding tert-OH is 1. The minimum absolute atomic E-state index is 0.0967. The molecule has 0 heterocycles. The molecule has 1 unspecified atom stereocenters. The largest absolute Gasteiger partial charge is 0.393 e. The Hall–Kier alpha value is -0.0400.